The van der Waals surface area contributed by atoms with E-state index in [9.17, 15) is 9.90 Å². The number of hydrogen-bond donors (Lipinski definition) is 1. The van der Waals surface area contributed by atoms with Crippen LogP contribution in [0.15, 0.2) is 51.7 Å². The Morgan fingerprint density at radius 3 is 2.39 bits per heavy atom. The van der Waals surface area contributed by atoms with Crippen LogP contribution in [-0.2, 0) is 0 Å². The Labute approximate surface area is 134 Å². The second-order valence-electron chi connectivity index (χ2n) is 5.74. The molecule has 0 fully saturated rings. The summed E-state index contributed by atoms with van der Waals surface area (Å²) in [5.74, 6) is 0.936. The van der Waals surface area contributed by atoms with Gasteiger partial charge in [-0.05, 0) is 41.3 Å². The molecule has 1 aromatic heterocycles. The molecule has 0 saturated heterocycles. The monoisotopic (exact) mass is 310 g/mol. The lowest BCUT2D eigenvalue weighted by atomic mass is 9.91. The quantitative estimate of drug-likeness (QED) is 0.733. The van der Waals surface area contributed by atoms with Crippen LogP contribution in [0.5, 0.6) is 11.5 Å². The fourth-order valence-corrected chi connectivity index (χ4v) is 2.84. The highest BCUT2D eigenvalue weighted by Gasteiger charge is 2.19. The summed E-state index contributed by atoms with van der Waals surface area (Å²) in [6.07, 6.45) is 0. The van der Waals surface area contributed by atoms with Crippen molar-refractivity contribution < 1.29 is 14.3 Å². The highest BCUT2D eigenvalue weighted by molar-refractivity contribution is 5.88. The summed E-state index contributed by atoms with van der Waals surface area (Å²) >= 11 is 0. The molecule has 118 valence electrons. The highest BCUT2D eigenvalue weighted by Crippen LogP contribution is 2.34. The molecule has 2 aromatic carbocycles. The van der Waals surface area contributed by atoms with Crippen molar-refractivity contribution in [2.24, 2.45) is 0 Å². The predicted octanol–water partition coefficient (Wildman–Crippen LogP) is 4.30. The molecular weight excluding hydrogens is 292 g/mol. The van der Waals surface area contributed by atoms with Crippen LogP contribution in [0.2, 0.25) is 0 Å². The molecule has 0 aliphatic rings. The maximum absolute atomic E-state index is 12.5. The number of fused-ring (bicyclic) bond motifs is 1. The van der Waals surface area contributed by atoms with Gasteiger partial charge in [0.2, 0.25) is 0 Å². The van der Waals surface area contributed by atoms with Crippen molar-refractivity contribution in [1.29, 1.82) is 0 Å². The Morgan fingerprint density at radius 2 is 1.78 bits per heavy atom. The molecule has 1 N–H and O–H groups in total. The van der Waals surface area contributed by atoms with E-state index in [0.717, 1.165) is 22.3 Å². The first-order valence-corrected chi connectivity index (χ1v) is 7.45. The van der Waals surface area contributed by atoms with E-state index in [4.69, 9.17) is 9.15 Å². The third-order valence-electron chi connectivity index (χ3n) is 3.89. The van der Waals surface area contributed by atoms with Crippen molar-refractivity contribution >= 4 is 11.0 Å². The van der Waals surface area contributed by atoms with E-state index in [0.29, 0.717) is 11.1 Å². The molecule has 0 bridgehead atoms. The van der Waals surface area contributed by atoms with Crippen LogP contribution in [0.4, 0.5) is 0 Å². The highest BCUT2D eigenvalue weighted by atomic mass is 16.5. The molecule has 4 heteroatoms. The zero-order valence-electron chi connectivity index (χ0n) is 13.3. The maximum Gasteiger partial charge on any atom is 0.344 e. The van der Waals surface area contributed by atoms with E-state index < -0.39 is 5.63 Å². The summed E-state index contributed by atoms with van der Waals surface area (Å²) in [6, 6.07) is 12.2. The van der Waals surface area contributed by atoms with Gasteiger partial charge in [-0.3, -0.25) is 0 Å². The number of phenolic OH excluding ortho intramolecular Hbond substituents is 1. The number of ether oxygens (including phenoxy) is 1. The number of hydrogen-bond acceptors (Lipinski definition) is 4. The van der Waals surface area contributed by atoms with E-state index in [1.807, 2.05) is 38.1 Å². The standard InChI is InChI=1S/C19H18O4/c1-11(2)17-15-9-6-13(20)10-16(15)23-19(21)18(17)12-4-7-14(22-3)8-5-12/h4-11,20H,1-3H3. The van der Waals surface area contributed by atoms with Crippen LogP contribution in [0, 0.1) is 0 Å². The average molecular weight is 310 g/mol. The van der Waals surface area contributed by atoms with E-state index in [1.165, 1.54) is 6.07 Å². The van der Waals surface area contributed by atoms with Gasteiger partial charge in [-0.15, -0.1) is 0 Å². The molecule has 23 heavy (non-hydrogen) atoms. The van der Waals surface area contributed by atoms with Gasteiger partial charge in [0.15, 0.2) is 0 Å². The first kappa shape index (κ1) is 15.2. The summed E-state index contributed by atoms with van der Waals surface area (Å²) in [6.45, 7) is 4.07. The van der Waals surface area contributed by atoms with Crippen LogP contribution >= 0.6 is 0 Å². The van der Waals surface area contributed by atoms with E-state index in [2.05, 4.69) is 0 Å². The molecule has 0 aliphatic heterocycles. The minimum Gasteiger partial charge on any atom is -0.508 e. The van der Waals surface area contributed by atoms with Gasteiger partial charge in [0.1, 0.15) is 17.1 Å². The smallest absolute Gasteiger partial charge is 0.344 e. The Bertz CT molecular complexity index is 905. The van der Waals surface area contributed by atoms with E-state index in [-0.39, 0.29) is 11.7 Å². The average Bonchev–Trinajstić information content (AvgIpc) is 2.53. The van der Waals surface area contributed by atoms with Gasteiger partial charge in [-0.1, -0.05) is 26.0 Å². The molecule has 3 rings (SSSR count). The number of methoxy groups -OCH3 is 1. The third-order valence-corrected chi connectivity index (χ3v) is 3.89. The molecule has 4 nitrogen and oxygen atoms in total. The summed E-state index contributed by atoms with van der Waals surface area (Å²) in [4.78, 5) is 12.5. The fraction of sp³-hybridized carbons (Fsp3) is 0.211. The minimum absolute atomic E-state index is 0.0764. The van der Waals surface area contributed by atoms with Crippen LogP contribution in [0.3, 0.4) is 0 Å². The molecule has 0 saturated carbocycles. The summed E-state index contributed by atoms with van der Waals surface area (Å²) in [7, 11) is 1.60. The Balaban J connectivity index is 2.34. The van der Waals surface area contributed by atoms with Crippen molar-refractivity contribution in [3.8, 4) is 22.6 Å². The second kappa shape index (κ2) is 5.80. The summed E-state index contributed by atoms with van der Waals surface area (Å²) < 4.78 is 10.6. The Morgan fingerprint density at radius 1 is 1.09 bits per heavy atom. The minimum atomic E-state index is -0.406. The molecule has 3 aromatic rings. The zero-order valence-corrected chi connectivity index (χ0v) is 13.3. The normalized spacial score (nSPS) is 11.1. The molecule has 0 unspecified atom stereocenters. The second-order valence-corrected chi connectivity index (χ2v) is 5.74. The SMILES string of the molecule is COc1ccc(-c2c(C(C)C)c3ccc(O)cc3oc2=O)cc1. The fourth-order valence-electron chi connectivity index (χ4n) is 2.84. The third kappa shape index (κ3) is 2.68. The lowest BCUT2D eigenvalue weighted by molar-refractivity contribution is 0.415. The van der Waals surface area contributed by atoms with Crippen LogP contribution < -0.4 is 10.4 Å². The van der Waals surface area contributed by atoms with Crippen LogP contribution in [0.1, 0.15) is 25.3 Å². The topological polar surface area (TPSA) is 59.7 Å². The van der Waals surface area contributed by atoms with E-state index in [1.54, 1.807) is 19.2 Å². The lowest BCUT2D eigenvalue weighted by Gasteiger charge is -2.15. The largest absolute Gasteiger partial charge is 0.508 e. The maximum atomic E-state index is 12.5. The number of rotatable bonds is 3. The molecule has 0 amide bonds. The number of aromatic hydroxyl groups is 1. The predicted molar refractivity (Wildman–Crippen MR) is 90.2 cm³/mol. The van der Waals surface area contributed by atoms with Gasteiger partial charge in [0, 0.05) is 11.5 Å². The first-order chi connectivity index (χ1) is 11.0. The van der Waals surface area contributed by atoms with Crippen molar-refractivity contribution in [1.82, 2.24) is 0 Å². The van der Waals surface area contributed by atoms with Gasteiger partial charge >= 0.3 is 5.63 Å². The van der Waals surface area contributed by atoms with Crippen LogP contribution in [-0.4, -0.2) is 12.2 Å². The molecule has 0 radical (unpaired) electrons. The number of phenols is 1. The first-order valence-electron chi connectivity index (χ1n) is 7.45. The molecule has 0 atom stereocenters. The van der Waals surface area contributed by atoms with Crippen molar-refractivity contribution in [3.63, 3.8) is 0 Å². The summed E-state index contributed by atoms with van der Waals surface area (Å²) in [5.41, 5.74) is 2.26. The molecule has 0 spiro atoms. The lowest BCUT2D eigenvalue weighted by Crippen LogP contribution is -2.09. The van der Waals surface area contributed by atoms with Gasteiger partial charge in [0.25, 0.3) is 0 Å². The van der Waals surface area contributed by atoms with Crippen molar-refractivity contribution in [2.45, 2.75) is 19.8 Å². The van der Waals surface area contributed by atoms with Gasteiger partial charge in [-0.25, -0.2) is 4.79 Å². The molecule has 0 aliphatic carbocycles. The van der Waals surface area contributed by atoms with E-state index >= 15 is 0 Å². The van der Waals surface area contributed by atoms with Crippen molar-refractivity contribution in [2.75, 3.05) is 7.11 Å². The molecule has 1 heterocycles. The van der Waals surface area contributed by atoms with Crippen molar-refractivity contribution in [3.05, 3.63) is 58.4 Å². The van der Waals surface area contributed by atoms with Gasteiger partial charge in [0.05, 0.1) is 12.7 Å². The van der Waals surface area contributed by atoms with Gasteiger partial charge in [-0.2, -0.15) is 0 Å². The zero-order chi connectivity index (χ0) is 16.6. The summed E-state index contributed by atoms with van der Waals surface area (Å²) in [5, 5.41) is 10.5. The van der Waals surface area contributed by atoms with Crippen LogP contribution in [0.25, 0.3) is 22.1 Å². The number of benzene rings is 2. The van der Waals surface area contributed by atoms with Gasteiger partial charge < -0.3 is 14.3 Å². The molecular formula is C19H18O4. The Kier molecular flexibility index (Phi) is 3.82. The Hall–Kier alpha value is -2.75.